The van der Waals surface area contributed by atoms with Crippen LogP contribution in [-0.2, 0) is 6.54 Å². The molecule has 3 aromatic carbocycles. The molecule has 2 heterocycles. The fourth-order valence-corrected chi connectivity index (χ4v) is 3.56. The fourth-order valence-electron chi connectivity index (χ4n) is 3.56. The highest BCUT2D eigenvalue weighted by Crippen LogP contribution is 2.29. The molecule has 5 rings (SSSR count). The summed E-state index contributed by atoms with van der Waals surface area (Å²) in [6.45, 7) is 0.514. The van der Waals surface area contributed by atoms with Crippen molar-refractivity contribution in [2.45, 2.75) is 6.54 Å². The Morgan fingerprint density at radius 1 is 0.933 bits per heavy atom. The molecule has 148 valence electrons. The molecule has 0 aliphatic rings. The number of hydrogen-bond acceptors (Lipinski definition) is 5. The van der Waals surface area contributed by atoms with Gasteiger partial charge in [-0.15, -0.1) is 15.3 Å². The lowest BCUT2D eigenvalue weighted by Gasteiger charge is -2.13. The molecule has 0 aliphatic heterocycles. The molecule has 0 aliphatic carbocycles. The largest absolute Gasteiger partial charge is 0.496 e. The summed E-state index contributed by atoms with van der Waals surface area (Å²) in [6, 6.07) is 22.2. The summed E-state index contributed by atoms with van der Waals surface area (Å²) in [5, 5.41) is 18.4. The summed E-state index contributed by atoms with van der Waals surface area (Å²) >= 11 is 0. The second kappa shape index (κ2) is 7.44. The van der Waals surface area contributed by atoms with Crippen molar-refractivity contribution in [3.8, 4) is 17.1 Å². The Morgan fingerprint density at radius 3 is 2.63 bits per heavy atom. The van der Waals surface area contributed by atoms with E-state index in [1.54, 1.807) is 35.9 Å². The maximum Gasteiger partial charge on any atom is 0.188 e. The van der Waals surface area contributed by atoms with Crippen LogP contribution in [0.15, 0.2) is 72.8 Å². The van der Waals surface area contributed by atoms with Crippen LogP contribution >= 0.6 is 0 Å². The number of anilines is 1. The Hall–Kier alpha value is -4.00. The highest BCUT2D eigenvalue weighted by atomic mass is 19.1. The maximum atomic E-state index is 14.2. The number of benzene rings is 3. The van der Waals surface area contributed by atoms with Gasteiger partial charge in [-0.05, 0) is 41.1 Å². The van der Waals surface area contributed by atoms with Gasteiger partial charge in [0.25, 0.3) is 0 Å². The van der Waals surface area contributed by atoms with Crippen molar-refractivity contribution in [1.29, 1.82) is 0 Å². The van der Waals surface area contributed by atoms with E-state index in [9.17, 15) is 4.39 Å². The van der Waals surface area contributed by atoms with Gasteiger partial charge in [0.15, 0.2) is 11.5 Å². The number of fused-ring (bicyclic) bond motifs is 2. The van der Waals surface area contributed by atoms with E-state index in [-0.39, 0.29) is 5.82 Å². The number of nitrogens with one attached hydrogen (secondary N) is 1. The predicted molar refractivity (Wildman–Crippen MR) is 114 cm³/mol. The molecule has 0 radical (unpaired) electrons. The third-order valence-electron chi connectivity index (χ3n) is 5.04. The highest BCUT2D eigenvalue weighted by molar-refractivity contribution is 5.88. The Kier molecular flexibility index (Phi) is 4.48. The molecule has 0 amide bonds. The van der Waals surface area contributed by atoms with E-state index in [1.165, 1.54) is 6.07 Å². The van der Waals surface area contributed by atoms with Crippen LogP contribution in [0.3, 0.4) is 0 Å². The lowest BCUT2D eigenvalue weighted by molar-refractivity contribution is 0.411. The Labute approximate surface area is 172 Å². The SMILES string of the molecule is COc1ccc2ccccc2c1CNc1ccc2nnc(-c3ccccc3F)n2n1. The molecule has 0 saturated heterocycles. The smallest absolute Gasteiger partial charge is 0.188 e. The standard InChI is InChI=1S/C23H18FN5O/c1-30-20-11-10-15-6-2-3-7-16(15)18(20)14-25-21-12-13-22-26-27-23(29(22)28-21)17-8-4-5-9-19(17)24/h2-13H,14H2,1H3,(H,25,28). The molecule has 0 bridgehead atoms. The molecule has 1 N–H and O–H groups in total. The minimum Gasteiger partial charge on any atom is -0.496 e. The molecule has 0 fully saturated rings. The first kappa shape index (κ1) is 18.1. The van der Waals surface area contributed by atoms with E-state index in [1.807, 2.05) is 30.3 Å². The molecule has 0 spiro atoms. The number of ether oxygens (including phenoxy) is 1. The van der Waals surface area contributed by atoms with Gasteiger partial charge in [0.05, 0.1) is 12.7 Å². The van der Waals surface area contributed by atoms with E-state index in [2.05, 4.69) is 32.7 Å². The highest BCUT2D eigenvalue weighted by Gasteiger charge is 2.14. The van der Waals surface area contributed by atoms with Gasteiger partial charge in [0.1, 0.15) is 17.4 Å². The third-order valence-corrected chi connectivity index (χ3v) is 5.04. The van der Waals surface area contributed by atoms with Crippen molar-refractivity contribution in [3.05, 3.63) is 84.2 Å². The molecule has 7 heteroatoms. The molecular formula is C23H18FN5O. The normalized spacial score (nSPS) is 11.1. The number of rotatable bonds is 5. The van der Waals surface area contributed by atoms with Crippen LogP contribution in [0.2, 0.25) is 0 Å². The zero-order chi connectivity index (χ0) is 20.5. The summed E-state index contributed by atoms with van der Waals surface area (Å²) in [5.41, 5.74) is 1.93. The van der Waals surface area contributed by atoms with Crippen LogP contribution in [0, 0.1) is 5.82 Å². The number of halogens is 1. The van der Waals surface area contributed by atoms with Crippen LogP contribution < -0.4 is 10.1 Å². The lowest BCUT2D eigenvalue weighted by atomic mass is 10.0. The molecule has 0 saturated carbocycles. The Balaban J connectivity index is 1.51. The number of nitrogens with zero attached hydrogens (tertiary/aromatic N) is 4. The van der Waals surface area contributed by atoms with Crippen molar-refractivity contribution in [2.75, 3.05) is 12.4 Å². The van der Waals surface area contributed by atoms with Crippen LogP contribution in [0.5, 0.6) is 5.75 Å². The summed E-state index contributed by atoms with van der Waals surface area (Å²) in [7, 11) is 1.66. The van der Waals surface area contributed by atoms with Crippen LogP contribution in [0.4, 0.5) is 10.2 Å². The quantitative estimate of drug-likeness (QED) is 0.464. The summed E-state index contributed by atoms with van der Waals surface area (Å²) in [5.74, 6) is 1.41. The minimum absolute atomic E-state index is 0.352. The van der Waals surface area contributed by atoms with Gasteiger partial charge < -0.3 is 10.1 Å². The fraction of sp³-hybridized carbons (Fsp3) is 0.0870. The monoisotopic (exact) mass is 399 g/mol. The second-order valence-corrected chi connectivity index (χ2v) is 6.81. The van der Waals surface area contributed by atoms with Crippen LogP contribution in [0.1, 0.15) is 5.56 Å². The van der Waals surface area contributed by atoms with Gasteiger partial charge in [-0.1, -0.05) is 42.5 Å². The van der Waals surface area contributed by atoms with Gasteiger partial charge in [-0.2, -0.15) is 4.52 Å². The van der Waals surface area contributed by atoms with Gasteiger partial charge >= 0.3 is 0 Å². The van der Waals surface area contributed by atoms with E-state index in [0.717, 1.165) is 22.1 Å². The number of aromatic nitrogens is 4. The van der Waals surface area contributed by atoms with E-state index in [4.69, 9.17) is 4.74 Å². The van der Waals surface area contributed by atoms with E-state index in [0.29, 0.717) is 29.4 Å². The Bertz CT molecular complexity index is 1360. The van der Waals surface area contributed by atoms with Crippen LogP contribution in [-0.4, -0.2) is 26.9 Å². The molecule has 5 aromatic rings. The average molecular weight is 399 g/mol. The summed E-state index contributed by atoms with van der Waals surface area (Å²) < 4.78 is 21.3. The molecule has 0 unspecified atom stereocenters. The zero-order valence-corrected chi connectivity index (χ0v) is 16.2. The molecule has 0 atom stereocenters. The molecule has 2 aromatic heterocycles. The van der Waals surface area contributed by atoms with Gasteiger partial charge in [-0.3, -0.25) is 0 Å². The van der Waals surface area contributed by atoms with Crippen molar-refractivity contribution in [3.63, 3.8) is 0 Å². The first-order chi connectivity index (χ1) is 14.7. The average Bonchev–Trinajstić information content (AvgIpc) is 3.20. The van der Waals surface area contributed by atoms with E-state index < -0.39 is 0 Å². The number of methoxy groups -OCH3 is 1. The zero-order valence-electron chi connectivity index (χ0n) is 16.2. The van der Waals surface area contributed by atoms with Gasteiger partial charge in [-0.25, -0.2) is 4.39 Å². The van der Waals surface area contributed by atoms with Gasteiger partial charge in [0.2, 0.25) is 0 Å². The summed E-state index contributed by atoms with van der Waals surface area (Å²) in [6.07, 6.45) is 0. The Morgan fingerprint density at radius 2 is 1.77 bits per heavy atom. The predicted octanol–water partition coefficient (Wildman–Crippen LogP) is 4.70. The molecular weight excluding hydrogens is 381 g/mol. The molecule has 30 heavy (non-hydrogen) atoms. The van der Waals surface area contributed by atoms with Crippen molar-refractivity contribution >= 4 is 22.2 Å². The van der Waals surface area contributed by atoms with Crippen LogP contribution in [0.25, 0.3) is 27.8 Å². The summed E-state index contributed by atoms with van der Waals surface area (Å²) in [4.78, 5) is 0. The van der Waals surface area contributed by atoms with Gasteiger partial charge in [0, 0.05) is 12.1 Å². The third kappa shape index (κ3) is 3.10. The lowest BCUT2D eigenvalue weighted by Crippen LogP contribution is -2.06. The first-order valence-electron chi connectivity index (χ1n) is 9.50. The maximum absolute atomic E-state index is 14.2. The minimum atomic E-state index is -0.368. The van der Waals surface area contributed by atoms with Crippen molar-refractivity contribution in [1.82, 2.24) is 19.8 Å². The first-order valence-corrected chi connectivity index (χ1v) is 9.50. The second-order valence-electron chi connectivity index (χ2n) is 6.81. The van der Waals surface area contributed by atoms with E-state index >= 15 is 0 Å². The van der Waals surface area contributed by atoms with Crippen molar-refractivity contribution < 1.29 is 9.13 Å². The van der Waals surface area contributed by atoms with Crippen molar-refractivity contribution in [2.24, 2.45) is 0 Å². The number of hydrogen-bond donors (Lipinski definition) is 1. The molecule has 6 nitrogen and oxygen atoms in total. The topological polar surface area (TPSA) is 64.3 Å².